The number of nitrogens with zero attached hydrogens (tertiary/aromatic N) is 1. The van der Waals surface area contributed by atoms with Crippen molar-refractivity contribution in [1.82, 2.24) is 0 Å². The zero-order valence-corrected chi connectivity index (χ0v) is 20.6. The molecule has 0 radical (unpaired) electrons. The summed E-state index contributed by atoms with van der Waals surface area (Å²) in [4.78, 5) is 2.45. The minimum absolute atomic E-state index is 0.507. The Morgan fingerprint density at radius 1 is 0.568 bits per heavy atom. The van der Waals surface area contributed by atoms with E-state index in [2.05, 4.69) is 144 Å². The molecule has 5 aromatic carbocycles. The van der Waals surface area contributed by atoms with Gasteiger partial charge in [-0.05, 0) is 57.8 Å². The zero-order chi connectivity index (χ0) is 24.8. The molecule has 1 aliphatic carbocycles. The van der Waals surface area contributed by atoms with Crippen LogP contribution in [0.4, 0.5) is 17.1 Å². The average molecular weight is 474 g/mol. The second kappa shape index (κ2) is 8.50. The topological polar surface area (TPSA) is 3.24 Å². The van der Waals surface area contributed by atoms with Gasteiger partial charge < -0.3 is 4.90 Å². The lowest BCUT2D eigenvalue weighted by Crippen LogP contribution is -2.38. The molecule has 0 saturated carbocycles. The Bertz CT molecular complexity index is 1680. The van der Waals surface area contributed by atoms with E-state index in [0.29, 0.717) is 0 Å². The van der Waals surface area contributed by atoms with Crippen LogP contribution in [0.2, 0.25) is 0 Å². The predicted molar refractivity (Wildman–Crippen MR) is 156 cm³/mol. The fraction of sp³-hybridized carbons (Fsp3) is 0.0556. The zero-order valence-electron chi connectivity index (χ0n) is 20.6. The van der Waals surface area contributed by atoms with Crippen molar-refractivity contribution < 1.29 is 0 Å². The Balaban J connectivity index is 1.63. The van der Waals surface area contributed by atoms with Crippen LogP contribution in [-0.4, -0.2) is 0 Å². The highest BCUT2D eigenvalue weighted by Gasteiger charge is 2.47. The Kier molecular flexibility index (Phi) is 4.97. The summed E-state index contributed by atoms with van der Waals surface area (Å²) < 4.78 is 0. The molecule has 1 spiro atoms. The maximum atomic E-state index is 4.74. The minimum Gasteiger partial charge on any atom is -0.309 e. The van der Waals surface area contributed by atoms with Gasteiger partial charge in [-0.2, -0.15) is 0 Å². The highest BCUT2D eigenvalue weighted by atomic mass is 15.2. The second-order valence-corrected chi connectivity index (χ2v) is 9.79. The fourth-order valence-corrected chi connectivity index (χ4v) is 6.35. The number of rotatable bonds is 1. The highest BCUT2D eigenvalue weighted by molar-refractivity contribution is 6.01. The van der Waals surface area contributed by atoms with Crippen molar-refractivity contribution in [3.05, 3.63) is 174 Å². The lowest BCUT2D eigenvalue weighted by molar-refractivity contribution is 0.724. The number of allylic oxidation sites excluding steroid dienone is 5. The van der Waals surface area contributed by atoms with Crippen molar-refractivity contribution in [3.8, 4) is 0 Å². The third-order valence-corrected chi connectivity index (χ3v) is 7.89. The van der Waals surface area contributed by atoms with Gasteiger partial charge >= 0.3 is 0 Å². The molecule has 1 heterocycles. The van der Waals surface area contributed by atoms with Crippen LogP contribution >= 0.6 is 0 Å². The van der Waals surface area contributed by atoms with Crippen molar-refractivity contribution in [2.24, 2.45) is 0 Å². The Morgan fingerprint density at radius 2 is 1.16 bits per heavy atom. The molecule has 176 valence electrons. The number of para-hydroxylation sites is 2. The van der Waals surface area contributed by atoms with Gasteiger partial charge in [0.15, 0.2) is 0 Å². The summed E-state index contributed by atoms with van der Waals surface area (Å²) in [7, 11) is 0. The summed E-state index contributed by atoms with van der Waals surface area (Å²) in [6, 6.07) is 41.9. The third kappa shape index (κ3) is 3.11. The molecule has 0 saturated heterocycles. The molecule has 7 rings (SSSR count). The van der Waals surface area contributed by atoms with E-state index >= 15 is 0 Å². The summed E-state index contributed by atoms with van der Waals surface area (Å²) in [5, 5.41) is 2.48. The fourth-order valence-electron chi connectivity index (χ4n) is 6.35. The Labute approximate surface area is 218 Å². The van der Waals surface area contributed by atoms with Gasteiger partial charge in [-0.15, -0.1) is 0 Å². The van der Waals surface area contributed by atoms with Crippen LogP contribution in [-0.2, 0) is 11.8 Å². The van der Waals surface area contributed by atoms with Crippen LogP contribution in [0.1, 0.15) is 22.3 Å². The van der Waals surface area contributed by atoms with Gasteiger partial charge in [0.25, 0.3) is 0 Å². The average Bonchev–Trinajstić information content (AvgIpc) is 3.02. The molecule has 1 aliphatic heterocycles. The quantitative estimate of drug-likeness (QED) is 0.235. The molecule has 1 nitrogen and oxygen atoms in total. The molecule has 1 heteroatoms. The predicted octanol–water partition coefficient (Wildman–Crippen LogP) is 9.18. The Morgan fingerprint density at radius 3 is 1.95 bits per heavy atom. The summed E-state index contributed by atoms with van der Waals surface area (Å²) in [5.41, 5.74) is 9.27. The third-order valence-electron chi connectivity index (χ3n) is 7.89. The highest BCUT2D eigenvalue weighted by Crippen LogP contribution is 2.58. The van der Waals surface area contributed by atoms with Crippen LogP contribution in [0.25, 0.3) is 10.8 Å². The van der Waals surface area contributed by atoms with E-state index in [0.717, 1.165) is 12.0 Å². The lowest BCUT2D eigenvalue weighted by atomic mass is 9.61. The first-order valence-electron chi connectivity index (χ1n) is 12.9. The number of anilines is 3. The SMILES string of the molecule is C=C1/C=C\C=C/Cc2ccccc2C12c1ccccc1N(c1cccc3ccccc13)c1ccccc12. The van der Waals surface area contributed by atoms with Gasteiger partial charge in [-0.1, -0.05) is 128 Å². The number of benzene rings is 5. The van der Waals surface area contributed by atoms with Gasteiger partial charge in [-0.3, -0.25) is 0 Å². The number of hydrogen-bond acceptors (Lipinski definition) is 1. The van der Waals surface area contributed by atoms with E-state index in [1.54, 1.807) is 0 Å². The van der Waals surface area contributed by atoms with Gasteiger partial charge in [0, 0.05) is 5.39 Å². The van der Waals surface area contributed by atoms with Crippen LogP contribution < -0.4 is 4.90 Å². The monoisotopic (exact) mass is 473 g/mol. The molecule has 0 fully saturated rings. The first-order valence-corrected chi connectivity index (χ1v) is 12.9. The standard InChI is InChI=1S/C36H27N/c1-26-14-3-2-4-16-28-17-6-8-20-30(28)36(26)31-21-9-11-23-34(31)37(35-24-12-10-22-32(35)36)33-25-13-18-27-15-5-7-19-29(27)33/h2-15,17-25H,1,16H2/b4-2-,14-3-. The van der Waals surface area contributed by atoms with E-state index in [9.17, 15) is 0 Å². The first-order chi connectivity index (χ1) is 18.3. The Hall–Kier alpha value is -4.62. The molecule has 5 aromatic rings. The van der Waals surface area contributed by atoms with Gasteiger partial charge in [0.1, 0.15) is 0 Å². The van der Waals surface area contributed by atoms with Crippen molar-refractivity contribution in [2.75, 3.05) is 4.90 Å². The van der Waals surface area contributed by atoms with Gasteiger partial charge in [0.2, 0.25) is 0 Å². The maximum Gasteiger partial charge on any atom is 0.0739 e. The molecule has 0 bridgehead atoms. The van der Waals surface area contributed by atoms with E-state index in [1.165, 1.54) is 50.1 Å². The second-order valence-electron chi connectivity index (χ2n) is 9.79. The molecule has 37 heavy (non-hydrogen) atoms. The molecular weight excluding hydrogens is 446 g/mol. The molecule has 0 unspecified atom stereocenters. The van der Waals surface area contributed by atoms with Crippen molar-refractivity contribution >= 4 is 27.8 Å². The number of fused-ring (bicyclic) bond motifs is 7. The van der Waals surface area contributed by atoms with Gasteiger partial charge in [0.05, 0.1) is 22.5 Å². The summed E-state index contributed by atoms with van der Waals surface area (Å²) in [5.74, 6) is 0. The molecule has 0 N–H and O–H groups in total. The van der Waals surface area contributed by atoms with Crippen LogP contribution in [0.15, 0.2) is 152 Å². The van der Waals surface area contributed by atoms with Crippen LogP contribution in [0.5, 0.6) is 0 Å². The lowest BCUT2D eigenvalue weighted by Gasteiger charge is -2.47. The largest absolute Gasteiger partial charge is 0.309 e. The summed E-state index contributed by atoms with van der Waals surface area (Å²) in [6.45, 7) is 4.74. The van der Waals surface area contributed by atoms with Crippen molar-refractivity contribution in [2.45, 2.75) is 11.8 Å². The van der Waals surface area contributed by atoms with E-state index in [-0.39, 0.29) is 0 Å². The summed E-state index contributed by atoms with van der Waals surface area (Å²) >= 11 is 0. The van der Waals surface area contributed by atoms with Crippen LogP contribution in [0, 0.1) is 0 Å². The maximum absolute atomic E-state index is 4.74. The van der Waals surface area contributed by atoms with Gasteiger partial charge in [-0.25, -0.2) is 0 Å². The number of hydrogen-bond donors (Lipinski definition) is 0. The molecule has 0 amide bonds. The van der Waals surface area contributed by atoms with Crippen molar-refractivity contribution in [3.63, 3.8) is 0 Å². The van der Waals surface area contributed by atoms with Crippen molar-refractivity contribution in [1.29, 1.82) is 0 Å². The van der Waals surface area contributed by atoms with Crippen LogP contribution in [0.3, 0.4) is 0 Å². The molecule has 2 aliphatic rings. The van der Waals surface area contributed by atoms with E-state index < -0.39 is 5.41 Å². The molecule has 0 atom stereocenters. The molecular formula is C36H27N. The normalized spacial score (nSPS) is 17.2. The van der Waals surface area contributed by atoms with E-state index in [4.69, 9.17) is 6.58 Å². The summed E-state index contributed by atoms with van der Waals surface area (Å²) in [6.07, 6.45) is 9.60. The minimum atomic E-state index is -0.507. The van der Waals surface area contributed by atoms with E-state index in [1.807, 2.05) is 0 Å². The molecule has 0 aromatic heterocycles. The smallest absolute Gasteiger partial charge is 0.0739 e. The first kappa shape index (κ1) is 21.6.